The minimum Gasteiger partial charge on any atom is -0.433 e. The van der Waals surface area contributed by atoms with Gasteiger partial charge in [-0.3, -0.25) is 0 Å². The van der Waals surface area contributed by atoms with Gasteiger partial charge in [-0.1, -0.05) is 0 Å². The van der Waals surface area contributed by atoms with Crippen molar-refractivity contribution < 1.29 is 14.3 Å². The molecule has 0 saturated heterocycles. The van der Waals surface area contributed by atoms with Gasteiger partial charge in [0.1, 0.15) is 13.2 Å². The van der Waals surface area contributed by atoms with E-state index in [2.05, 4.69) is 9.47 Å². The Bertz CT molecular complexity index is 86.9. The van der Waals surface area contributed by atoms with Crippen LogP contribution < -0.4 is 11.5 Å². The van der Waals surface area contributed by atoms with Gasteiger partial charge in [0.05, 0.1) is 0 Å². The monoisotopic (exact) mass is 148 g/mol. The maximum Gasteiger partial charge on any atom is 0.508 e. The quantitative estimate of drug-likeness (QED) is 0.502. The van der Waals surface area contributed by atoms with E-state index in [1.165, 1.54) is 0 Å². The summed E-state index contributed by atoms with van der Waals surface area (Å²) in [5.74, 6) is 0. The summed E-state index contributed by atoms with van der Waals surface area (Å²) in [5, 5.41) is 0. The van der Waals surface area contributed by atoms with Gasteiger partial charge in [-0.05, 0) is 0 Å². The predicted octanol–water partition coefficient (Wildman–Crippen LogP) is -0.943. The molecule has 0 aromatic rings. The molecule has 10 heavy (non-hydrogen) atoms. The minimum absolute atomic E-state index is 0.184. The highest BCUT2D eigenvalue weighted by Crippen LogP contribution is 1.81. The average molecular weight is 148 g/mol. The van der Waals surface area contributed by atoms with Crippen LogP contribution in [0.5, 0.6) is 0 Å². The lowest BCUT2D eigenvalue weighted by molar-refractivity contribution is 0.0596. The second-order valence-corrected chi connectivity index (χ2v) is 1.52. The van der Waals surface area contributed by atoms with Crippen molar-refractivity contribution in [2.24, 2.45) is 11.5 Å². The number of ether oxygens (including phenoxy) is 2. The SMILES string of the molecule is NCCOC(=O)OCCN. The highest BCUT2D eigenvalue weighted by atomic mass is 16.7. The molecule has 0 aliphatic rings. The Morgan fingerprint density at radius 2 is 1.50 bits per heavy atom. The van der Waals surface area contributed by atoms with E-state index >= 15 is 0 Å². The van der Waals surface area contributed by atoms with Crippen LogP contribution in [0.4, 0.5) is 4.79 Å². The molecule has 0 fully saturated rings. The summed E-state index contributed by atoms with van der Waals surface area (Å²) in [6, 6.07) is 0. The maximum absolute atomic E-state index is 10.4. The number of carbonyl (C=O) groups is 1. The number of nitrogens with two attached hydrogens (primary N) is 2. The Morgan fingerprint density at radius 1 is 1.10 bits per heavy atom. The lowest BCUT2D eigenvalue weighted by Crippen LogP contribution is -2.17. The van der Waals surface area contributed by atoms with E-state index in [9.17, 15) is 4.79 Å². The number of hydrogen-bond donors (Lipinski definition) is 2. The summed E-state index contributed by atoms with van der Waals surface area (Å²) in [7, 11) is 0. The molecule has 0 bridgehead atoms. The molecule has 0 spiro atoms. The lowest BCUT2D eigenvalue weighted by atomic mass is 10.7. The van der Waals surface area contributed by atoms with Crippen molar-refractivity contribution >= 4 is 6.16 Å². The van der Waals surface area contributed by atoms with Crippen molar-refractivity contribution in [1.29, 1.82) is 0 Å². The van der Waals surface area contributed by atoms with E-state index in [-0.39, 0.29) is 13.2 Å². The molecule has 5 heteroatoms. The second-order valence-electron chi connectivity index (χ2n) is 1.52. The number of carbonyl (C=O) groups excluding carboxylic acids is 1. The van der Waals surface area contributed by atoms with Gasteiger partial charge in [-0.25, -0.2) is 4.79 Å². The van der Waals surface area contributed by atoms with Crippen LogP contribution in [0.15, 0.2) is 0 Å². The number of hydrogen-bond acceptors (Lipinski definition) is 5. The van der Waals surface area contributed by atoms with Gasteiger partial charge in [-0.2, -0.15) is 0 Å². The first kappa shape index (κ1) is 9.19. The highest BCUT2D eigenvalue weighted by Gasteiger charge is 1.99. The zero-order valence-corrected chi connectivity index (χ0v) is 5.71. The van der Waals surface area contributed by atoms with Crippen LogP contribution in [-0.2, 0) is 9.47 Å². The first-order valence-electron chi connectivity index (χ1n) is 3.01. The molecule has 0 aromatic heterocycles. The third kappa shape index (κ3) is 5.33. The zero-order valence-electron chi connectivity index (χ0n) is 5.71. The van der Waals surface area contributed by atoms with E-state index in [1.807, 2.05) is 0 Å². The molecule has 0 aliphatic carbocycles. The maximum atomic E-state index is 10.4. The van der Waals surface area contributed by atoms with Gasteiger partial charge < -0.3 is 20.9 Å². The summed E-state index contributed by atoms with van der Waals surface area (Å²) in [4.78, 5) is 10.4. The van der Waals surface area contributed by atoms with Crippen molar-refractivity contribution in [2.45, 2.75) is 0 Å². The molecule has 5 nitrogen and oxygen atoms in total. The van der Waals surface area contributed by atoms with E-state index < -0.39 is 6.16 Å². The van der Waals surface area contributed by atoms with Gasteiger partial charge >= 0.3 is 6.16 Å². The first-order valence-corrected chi connectivity index (χ1v) is 3.01. The predicted molar refractivity (Wildman–Crippen MR) is 35.4 cm³/mol. The Kier molecular flexibility index (Phi) is 5.80. The van der Waals surface area contributed by atoms with Gasteiger partial charge in [0.2, 0.25) is 0 Å². The molecular formula is C5H12N2O3. The fourth-order valence-electron chi connectivity index (χ4n) is 0.326. The van der Waals surface area contributed by atoms with Crippen molar-refractivity contribution in [3.8, 4) is 0 Å². The largest absolute Gasteiger partial charge is 0.508 e. The van der Waals surface area contributed by atoms with Crippen LogP contribution >= 0.6 is 0 Å². The molecule has 0 aromatic carbocycles. The van der Waals surface area contributed by atoms with Crippen LogP contribution in [0.3, 0.4) is 0 Å². The Balaban J connectivity index is 3.09. The molecule has 0 heterocycles. The van der Waals surface area contributed by atoms with Crippen LogP contribution in [-0.4, -0.2) is 32.5 Å². The van der Waals surface area contributed by atoms with E-state index in [1.54, 1.807) is 0 Å². The van der Waals surface area contributed by atoms with Crippen molar-refractivity contribution in [3.05, 3.63) is 0 Å². The molecular weight excluding hydrogens is 136 g/mol. The summed E-state index contributed by atoms with van der Waals surface area (Å²) < 4.78 is 8.90. The molecule has 4 N–H and O–H groups in total. The third-order valence-electron chi connectivity index (χ3n) is 0.676. The van der Waals surface area contributed by atoms with Crippen molar-refractivity contribution in [2.75, 3.05) is 26.3 Å². The van der Waals surface area contributed by atoms with Crippen LogP contribution in [0.25, 0.3) is 0 Å². The average Bonchev–Trinajstić information content (AvgIpc) is 1.97. The van der Waals surface area contributed by atoms with Gasteiger partial charge in [-0.15, -0.1) is 0 Å². The van der Waals surface area contributed by atoms with Gasteiger partial charge in [0.15, 0.2) is 0 Å². The Labute approximate surface area is 59.3 Å². The molecule has 0 saturated carbocycles. The minimum atomic E-state index is -0.712. The molecule has 0 radical (unpaired) electrons. The standard InChI is InChI=1S/C5H12N2O3/c6-1-3-9-5(8)10-4-2-7/h1-4,6-7H2. The summed E-state index contributed by atoms with van der Waals surface area (Å²) >= 11 is 0. The van der Waals surface area contributed by atoms with E-state index in [4.69, 9.17) is 11.5 Å². The van der Waals surface area contributed by atoms with E-state index in [0.717, 1.165) is 0 Å². The third-order valence-corrected chi connectivity index (χ3v) is 0.676. The van der Waals surface area contributed by atoms with Crippen molar-refractivity contribution in [1.82, 2.24) is 0 Å². The summed E-state index contributed by atoms with van der Waals surface area (Å²) in [6.45, 7) is 0.974. The zero-order chi connectivity index (χ0) is 7.82. The summed E-state index contributed by atoms with van der Waals surface area (Å²) in [6.07, 6.45) is -0.712. The summed E-state index contributed by atoms with van der Waals surface area (Å²) in [5.41, 5.74) is 10.1. The Morgan fingerprint density at radius 3 is 1.80 bits per heavy atom. The normalized spacial score (nSPS) is 9.00. The number of rotatable bonds is 4. The van der Waals surface area contributed by atoms with Crippen LogP contribution in [0.2, 0.25) is 0 Å². The molecule has 0 rings (SSSR count). The van der Waals surface area contributed by atoms with Crippen LogP contribution in [0.1, 0.15) is 0 Å². The molecule has 0 atom stereocenters. The first-order chi connectivity index (χ1) is 4.81. The van der Waals surface area contributed by atoms with Gasteiger partial charge in [0, 0.05) is 13.1 Å². The van der Waals surface area contributed by atoms with E-state index in [0.29, 0.717) is 13.1 Å². The molecule has 0 aliphatic heterocycles. The second kappa shape index (κ2) is 6.31. The topological polar surface area (TPSA) is 87.6 Å². The molecule has 0 unspecified atom stereocenters. The molecule has 60 valence electrons. The highest BCUT2D eigenvalue weighted by molar-refractivity contribution is 5.59. The smallest absolute Gasteiger partial charge is 0.433 e. The van der Waals surface area contributed by atoms with Crippen molar-refractivity contribution in [3.63, 3.8) is 0 Å². The lowest BCUT2D eigenvalue weighted by Gasteiger charge is -2.02. The molecule has 0 amide bonds. The van der Waals surface area contributed by atoms with Gasteiger partial charge in [0.25, 0.3) is 0 Å². The Hall–Kier alpha value is -0.810. The van der Waals surface area contributed by atoms with Crippen LogP contribution in [0, 0.1) is 0 Å². The fraction of sp³-hybridized carbons (Fsp3) is 0.800. The fourth-order valence-corrected chi connectivity index (χ4v) is 0.326.